The van der Waals surface area contributed by atoms with Crippen LogP contribution in [0.25, 0.3) is 36.1 Å². The molecule has 27 heavy (non-hydrogen) atoms. The first-order valence-electron chi connectivity index (χ1n) is 8.58. The lowest BCUT2D eigenvalue weighted by molar-refractivity contribution is 1.33. The maximum atomic E-state index is 5.70. The Labute approximate surface area is 171 Å². The molecule has 0 fully saturated rings. The maximum Gasteiger partial charge on any atom is 0.357 e. The van der Waals surface area contributed by atoms with Crippen molar-refractivity contribution in [1.29, 1.82) is 0 Å². The number of aryl methyl sites for hydroxylation is 2. The molecule has 4 heteroatoms. The molecule has 0 aliphatic carbocycles. The third kappa shape index (κ3) is 3.81. The van der Waals surface area contributed by atoms with Gasteiger partial charge >= 0.3 is 5.70 Å². The van der Waals surface area contributed by atoms with E-state index in [2.05, 4.69) is 78.7 Å². The van der Waals surface area contributed by atoms with Gasteiger partial charge in [0, 0.05) is 25.6 Å². The molecule has 0 saturated heterocycles. The lowest BCUT2D eigenvalue weighted by atomic mass is 10.1. The van der Waals surface area contributed by atoms with Crippen LogP contribution in [0.3, 0.4) is 0 Å². The van der Waals surface area contributed by atoms with Gasteiger partial charge in [-0.05, 0) is 71.1 Å². The van der Waals surface area contributed by atoms with Crippen LogP contribution >= 0.6 is 34.0 Å². The summed E-state index contributed by atoms with van der Waals surface area (Å²) >= 11 is 5.33. The topological polar surface area (TPSA) is 4.36 Å². The van der Waals surface area contributed by atoms with Crippen molar-refractivity contribution in [2.45, 2.75) is 13.8 Å². The minimum Gasteiger partial charge on any atom is -0.143 e. The van der Waals surface area contributed by atoms with E-state index in [4.69, 9.17) is 6.57 Å². The molecule has 4 rings (SSSR count). The smallest absolute Gasteiger partial charge is 0.143 e. The molecule has 1 nitrogen and oxygen atoms in total. The van der Waals surface area contributed by atoms with Gasteiger partial charge in [-0.15, -0.1) is 34.0 Å². The molecule has 3 heterocycles. The van der Waals surface area contributed by atoms with Crippen LogP contribution in [-0.2, 0) is 0 Å². The zero-order valence-electron chi connectivity index (χ0n) is 15.1. The fraction of sp³-hybridized carbons (Fsp3) is 0.0870. The van der Waals surface area contributed by atoms with Crippen molar-refractivity contribution in [2.75, 3.05) is 0 Å². The van der Waals surface area contributed by atoms with Crippen LogP contribution in [-0.4, -0.2) is 0 Å². The van der Waals surface area contributed by atoms with Crippen LogP contribution in [0.4, 0.5) is 0 Å². The minimum absolute atomic E-state index is 0.810. The highest BCUT2D eigenvalue weighted by Gasteiger charge is 2.16. The Kier molecular flexibility index (Phi) is 5.09. The average molecular weight is 405 g/mol. The molecule has 0 aliphatic rings. The maximum absolute atomic E-state index is 5.70. The lowest BCUT2D eigenvalue weighted by Gasteiger charge is -1.99. The summed E-state index contributed by atoms with van der Waals surface area (Å²) in [6.07, 6.45) is 2.05. The van der Waals surface area contributed by atoms with Crippen LogP contribution in [0.1, 0.15) is 21.6 Å². The second-order valence-corrected chi connectivity index (χ2v) is 9.42. The Hall–Kier alpha value is -2.45. The number of thiophene rings is 3. The number of benzene rings is 1. The molecule has 0 atom stereocenters. The van der Waals surface area contributed by atoms with E-state index in [1.54, 1.807) is 22.7 Å². The lowest BCUT2D eigenvalue weighted by Crippen LogP contribution is -1.82. The third-order valence-corrected chi connectivity index (χ3v) is 7.90. The number of hydrogen-bond acceptors (Lipinski definition) is 3. The van der Waals surface area contributed by atoms with Crippen molar-refractivity contribution in [2.24, 2.45) is 0 Å². The Morgan fingerprint density at radius 1 is 0.852 bits per heavy atom. The summed E-state index contributed by atoms with van der Waals surface area (Å²) in [6.45, 7) is 9.95. The molecule has 4 aromatic rings. The van der Waals surface area contributed by atoms with Gasteiger partial charge < -0.3 is 0 Å². The van der Waals surface area contributed by atoms with Gasteiger partial charge in [0.2, 0.25) is 0 Å². The Bertz CT molecular complexity index is 1150. The van der Waals surface area contributed by atoms with Gasteiger partial charge in [0.05, 0.1) is 0 Å². The standard InChI is InChI=1S/C23H18NS3/c1-15-6-7-17(13-16(15)2)14-18(24-3)19-8-9-22(26-19)23-11-10-21(27-23)20-5-4-12-25-20/h3-14H,1-2H3/q+1/b18-14-. The van der Waals surface area contributed by atoms with E-state index in [1.165, 1.54) is 30.6 Å². The Morgan fingerprint density at radius 2 is 1.59 bits per heavy atom. The van der Waals surface area contributed by atoms with Crippen molar-refractivity contribution in [3.05, 3.63) is 86.4 Å². The molecule has 0 amide bonds. The zero-order chi connectivity index (χ0) is 18.8. The van der Waals surface area contributed by atoms with Gasteiger partial charge in [-0.1, -0.05) is 24.3 Å². The van der Waals surface area contributed by atoms with Crippen molar-refractivity contribution >= 4 is 45.8 Å². The van der Waals surface area contributed by atoms with E-state index in [9.17, 15) is 0 Å². The van der Waals surface area contributed by atoms with E-state index in [0.29, 0.717) is 0 Å². The van der Waals surface area contributed by atoms with Crippen LogP contribution in [0, 0.1) is 20.4 Å². The summed E-state index contributed by atoms with van der Waals surface area (Å²) in [7, 11) is 0. The molecular formula is C23H18NS3+. The van der Waals surface area contributed by atoms with E-state index < -0.39 is 0 Å². The van der Waals surface area contributed by atoms with Gasteiger partial charge in [0.25, 0.3) is 6.57 Å². The van der Waals surface area contributed by atoms with Crippen LogP contribution in [0.15, 0.2) is 60.0 Å². The average Bonchev–Trinajstić information content (AvgIpc) is 3.41. The SMILES string of the molecule is C#[N+]/C(=C\c1ccc(C)c(C)c1)c1ccc(-c2ccc(-c3cccs3)s2)s1. The Morgan fingerprint density at radius 3 is 2.30 bits per heavy atom. The predicted molar refractivity (Wildman–Crippen MR) is 123 cm³/mol. The van der Waals surface area contributed by atoms with Crippen molar-refractivity contribution < 1.29 is 0 Å². The van der Waals surface area contributed by atoms with Crippen LogP contribution < -0.4 is 0 Å². The van der Waals surface area contributed by atoms with E-state index >= 15 is 0 Å². The molecular weight excluding hydrogens is 386 g/mol. The quantitative estimate of drug-likeness (QED) is 0.322. The first kappa shape index (κ1) is 17.9. The van der Waals surface area contributed by atoms with Gasteiger partial charge in [-0.2, -0.15) is 0 Å². The third-order valence-electron chi connectivity index (χ3n) is 4.44. The summed E-state index contributed by atoms with van der Waals surface area (Å²) in [6, 6.07) is 19.3. The van der Waals surface area contributed by atoms with Gasteiger partial charge in [-0.25, -0.2) is 0 Å². The van der Waals surface area contributed by atoms with Gasteiger partial charge in [-0.3, -0.25) is 0 Å². The molecule has 0 bridgehead atoms. The van der Waals surface area contributed by atoms with Crippen molar-refractivity contribution in [3.63, 3.8) is 0 Å². The van der Waals surface area contributed by atoms with E-state index in [0.717, 1.165) is 16.1 Å². The number of rotatable bonds is 4. The summed E-state index contributed by atoms with van der Waals surface area (Å²) in [4.78, 5) is 10.3. The Balaban J connectivity index is 1.64. The first-order chi connectivity index (χ1) is 13.1. The minimum atomic E-state index is 0.810. The van der Waals surface area contributed by atoms with Crippen molar-refractivity contribution in [1.82, 2.24) is 0 Å². The monoisotopic (exact) mass is 404 g/mol. The van der Waals surface area contributed by atoms with E-state index in [1.807, 2.05) is 17.4 Å². The highest BCUT2D eigenvalue weighted by atomic mass is 32.1. The fourth-order valence-electron chi connectivity index (χ4n) is 2.81. The molecule has 1 aromatic carbocycles. The highest BCUT2D eigenvalue weighted by Crippen LogP contribution is 2.40. The summed E-state index contributed by atoms with van der Waals surface area (Å²) in [5.74, 6) is 0. The molecule has 0 unspecified atom stereocenters. The van der Waals surface area contributed by atoms with Crippen LogP contribution in [0.5, 0.6) is 0 Å². The normalized spacial score (nSPS) is 11.5. The molecule has 132 valence electrons. The van der Waals surface area contributed by atoms with Crippen molar-refractivity contribution in [3.8, 4) is 26.1 Å². The summed E-state index contributed by atoms with van der Waals surface area (Å²) in [5.41, 5.74) is 4.49. The van der Waals surface area contributed by atoms with Crippen LogP contribution in [0.2, 0.25) is 0 Å². The first-order valence-corrected chi connectivity index (χ1v) is 11.1. The second kappa shape index (κ2) is 7.66. The number of nitrogens with zero attached hydrogens (tertiary/aromatic N) is 1. The van der Waals surface area contributed by atoms with E-state index in [-0.39, 0.29) is 0 Å². The molecule has 0 radical (unpaired) electrons. The zero-order valence-corrected chi connectivity index (χ0v) is 17.5. The largest absolute Gasteiger partial charge is 0.357 e. The highest BCUT2D eigenvalue weighted by molar-refractivity contribution is 7.26. The van der Waals surface area contributed by atoms with Gasteiger partial charge in [0.15, 0.2) is 0 Å². The summed E-state index contributed by atoms with van der Waals surface area (Å²) < 4.78 is 0. The number of hydrogen-bond donors (Lipinski definition) is 0. The fourth-order valence-corrected chi connectivity index (χ4v) is 5.72. The van der Waals surface area contributed by atoms with Gasteiger partial charge in [0.1, 0.15) is 4.88 Å². The predicted octanol–water partition coefficient (Wildman–Crippen LogP) is 8.28. The molecule has 3 aromatic heterocycles. The second-order valence-electron chi connectivity index (χ2n) is 6.31. The summed E-state index contributed by atoms with van der Waals surface area (Å²) in [5, 5.41) is 2.12. The molecule has 0 spiro atoms. The molecule has 0 saturated carbocycles. The molecule has 0 N–H and O–H groups in total. The molecule has 0 aliphatic heterocycles.